The Kier molecular flexibility index (Phi) is 16.5. The van der Waals surface area contributed by atoms with Crippen molar-refractivity contribution in [2.24, 2.45) is 73.8 Å². The maximum atomic E-state index is 13.8. The van der Waals surface area contributed by atoms with E-state index in [2.05, 4.69) is 46.5 Å². The van der Waals surface area contributed by atoms with Gasteiger partial charge in [0.25, 0.3) is 0 Å². The van der Waals surface area contributed by atoms with Crippen molar-refractivity contribution in [1.29, 1.82) is 0 Å². The van der Waals surface area contributed by atoms with E-state index in [1.807, 2.05) is 41.5 Å². The van der Waals surface area contributed by atoms with Crippen LogP contribution in [-0.4, -0.2) is 87.5 Å². The van der Waals surface area contributed by atoms with E-state index >= 15 is 0 Å². The maximum absolute atomic E-state index is 13.8. The summed E-state index contributed by atoms with van der Waals surface area (Å²) in [7, 11) is -4.85. The summed E-state index contributed by atoms with van der Waals surface area (Å²) in [6.45, 7) is 16.8. The lowest BCUT2D eigenvalue weighted by atomic mass is 9.60. The van der Waals surface area contributed by atoms with Gasteiger partial charge in [-0.25, -0.2) is 4.57 Å². The topological polar surface area (TPSA) is 403 Å². The van der Waals surface area contributed by atoms with Gasteiger partial charge in [0.05, 0.1) is 30.1 Å². The number of hydrogen-bond acceptors (Lipinski definition) is 13. The van der Waals surface area contributed by atoms with Crippen molar-refractivity contribution >= 4 is 49.2 Å². The summed E-state index contributed by atoms with van der Waals surface area (Å²) in [5, 5.41) is 18.0. The highest BCUT2D eigenvalue weighted by atomic mass is 31.2. The third-order valence-electron chi connectivity index (χ3n) is 16.9. The largest absolute Gasteiger partial charge is 0.469 e. The second kappa shape index (κ2) is 20.7. The molecule has 3 saturated heterocycles. The van der Waals surface area contributed by atoms with Crippen molar-refractivity contribution in [2.75, 3.05) is 6.54 Å². The third-order valence-corrected chi connectivity index (χ3v) is 17.5. The molecule has 8 bridgehead atoms. The van der Waals surface area contributed by atoms with Crippen molar-refractivity contribution < 1.29 is 52.4 Å². The first-order chi connectivity index (χ1) is 32.6. The molecule has 23 heteroatoms. The minimum atomic E-state index is -4.85. The molecule has 71 heavy (non-hydrogen) atoms. The van der Waals surface area contributed by atoms with Crippen molar-refractivity contribution in [2.45, 2.75) is 163 Å². The molecule has 0 aromatic carbocycles. The summed E-state index contributed by atoms with van der Waals surface area (Å²) in [6, 6.07) is -1.83. The van der Waals surface area contributed by atoms with Crippen LogP contribution in [0.3, 0.4) is 0 Å². The number of carbonyl (C=O) groups is 7. The Labute approximate surface area is 415 Å². The van der Waals surface area contributed by atoms with Crippen LogP contribution in [0.25, 0.3) is 0 Å². The number of rotatable bonds is 22. The molecule has 5 aliphatic heterocycles. The Morgan fingerprint density at radius 2 is 1.30 bits per heavy atom. The van der Waals surface area contributed by atoms with E-state index in [1.54, 1.807) is 0 Å². The molecule has 3 fully saturated rings. The zero-order valence-corrected chi connectivity index (χ0v) is 43.5. The molecule has 5 rings (SSSR count). The monoisotopic (exact) mass is 1020 g/mol. The highest BCUT2D eigenvalue weighted by molar-refractivity contribution is 7.46. The molecule has 5 heterocycles. The Bertz CT molecular complexity index is 2400. The smallest absolute Gasteiger partial charge is 0.381 e. The van der Waals surface area contributed by atoms with Crippen LogP contribution in [0.4, 0.5) is 0 Å². The molecular formula is C48H78N11O11P. The average molecular weight is 1020 g/mol. The number of carbonyl (C=O) groups excluding carboxylic acids is 7. The van der Waals surface area contributed by atoms with E-state index in [0.717, 1.165) is 11.3 Å². The van der Waals surface area contributed by atoms with Gasteiger partial charge in [-0.15, -0.1) is 0 Å². The Morgan fingerprint density at radius 3 is 1.83 bits per heavy atom. The highest BCUT2D eigenvalue weighted by Crippen LogP contribution is 2.61. The Balaban J connectivity index is 1.92. The molecule has 22 nitrogen and oxygen atoms in total. The van der Waals surface area contributed by atoms with Crippen LogP contribution in [0, 0.1) is 39.4 Å². The number of amides is 7. The van der Waals surface area contributed by atoms with Gasteiger partial charge in [-0.1, -0.05) is 34.6 Å². The number of nitrogens with one attached hydrogen (secondary N) is 5. The van der Waals surface area contributed by atoms with Gasteiger partial charge in [0.15, 0.2) is 0 Å². The number of allylic oxidation sites excluding steroid dienone is 3. The summed E-state index contributed by atoms with van der Waals surface area (Å²) >= 11 is 0. The van der Waals surface area contributed by atoms with Crippen molar-refractivity contribution in [3.8, 4) is 0 Å². The second-order valence-electron chi connectivity index (χ2n) is 22.1. The molecule has 0 radical (unpaired) electrons. The van der Waals surface area contributed by atoms with E-state index in [0.29, 0.717) is 34.7 Å². The third kappa shape index (κ3) is 11.4. The summed E-state index contributed by atoms with van der Waals surface area (Å²) in [5.74, 6) is -5.47. The molecule has 0 saturated carbocycles. The summed E-state index contributed by atoms with van der Waals surface area (Å²) in [6.07, 6.45) is 0.999. The lowest BCUT2D eigenvalue weighted by molar-refractivity contribution is -0.122. The van der Waals surface area contributed by atoms with Crippen LogP contribution in [0.15, 0.2) is 45.6 Å². The van der Waals surface area contributed by atoms with Crippen LogP contribution < -0.4 is 61.0 Å². The van der Waals surface area contributed by atoms with Gasteiger partial charge in [-0.3, -0.25) is 43.4 Å². The van der Waals surface area contributed by atoms with Crippen molar-refractivity contribution in [1.82, 2.24) is 26.6 Å². The number of hydrogen-bond donors (Lipinski definition) is 13. The molecule has 3 unspecified atom stereocenters. The first-order valence-corrected chi connectivity index (χ1v) is 25.8. The van der Waals surface area contributed by atoms with Gasteiger partial charge in [0.2, 0.25) is 41.4 Å². The van der Waals surface area contributed by atoms with Crippen molar-refractivity contribution in [3.63, 3.8) is 0 Å². The zero-order valence-electron chi connectivity index (χ0n) is 42.6. The van der Waals surface area contributed by atoms with Gasteiger partial charge < -0.3 is 65.5 Å². The normalized spacial score (nSPS) is 35.2. The fourth-order valence-corrected chi connectivity index (χ4v) is 13.6. The van der Waals surface area contributed by atoms with Crippen LogP contribution in [0.5, 0.6) is 0 Å². The SMILES string of the molecule is C/C1=C2/N/C(=C\C3N/C(=C(/C)C4NC(=C(CC(N)=O)[C@@]4(C)CCC(=O)NC[C@@H](C)OP(=O)(O)O)[C@]4(C)NC1[C@@H](CCC(N)=O)[C@]4(C)CC(N)=O)[C@@H](CCC(N)=O)C3(C)C)[C@@H](CCC(N)=O)[C@]2(C)CC(N)=O. The van der Waals surface area contributed by atoms with Gasteiger partial charge in [-0.05, 0) is 87.5 Å². The number of primary amides is 6. The van der Waals surface area contributed by atoms with E-state index in [9.17, 15) is 47.9 Å². The molecule has 0 aromatic rings. The van der Waals surface area contributed by atoms with Crippen molar-refractivity contribution in [3.05, 3.63) is 45.6 Å². The minimum absolute atomic E-state index is 0.0179. The molecular weight excluding hydrogens is 938 g/mol. The van der Waals surface area contributed by atoms with E-state index in [4.69, 9.17) is 38.9 Å². The first-order valence-electron chi connectivity index (χ1n) is 24.3. The minimum Gasteiger partial charge on any atom is -0.381 e. The van der Waals surface area contributed by atoms with Crippen LogP contribution >= 0.6 is 7.82 Å². The number of nitrogens with two attached hydrogens (primary N) is 6. The molecule has 19 N–H and O–H groups in total. The Hall–Kier alpha value is -5.28. The lowest BCUT2D eigenvalue weighted by Gasteiger charge is -2.45. The number of fused-ring (bicyclic) bond motifs is 9. The average Bonchev–Trinajstić information content (AvgIpc) is 3.83. The fourth-order valence-electron chi connectivity index (χ4n) is 13.1. The predicted molar refractivity (Wildman–Crippen MR) is 263 cm³/mol. The van der Waals surface area contributed by atoms with E-state index in [1.165, 1.54) is 6.92 Å². The van der Waals surface area contributed by atoms with Gasteiger partial charge in [0.1, 0.15) is 0 Å². The van der Waals surface area contributed by atoms with Gasteiger partial charge in [-0.2, -0.15) is 0 Å². The summed E-state index contributed by atoms with van der Waals surface area (Å²) in [5.41, 5.74) is 35.2. The van der Waals surface area contributed by atoms with Crippen LogP contribution in [0.1, 0.15) is 133 Å². The van der Waals surface area contributed by atoms with E-state index < -0.39 is 112 Å². The first kappa shape index (κ1) is 56.6. The number of phosphoric acid groups is 1. The molecule has 7 amide bonds. The maximum Gasteiger partial charge on any atom is 0.469 e. The standard InChI is InChI=1S/C48H78N11O11P/c1-23(70-71(67,68)69)22-55-38(66)16-17-45(6)29(18-35(52)63)43-48(9)47(8,21-37(54)65)28(12-15-34(51)62)40(59-48)25(3)42-46(7,20-36(53)64)26(10-13-32(49)60)30(56-42)19-31-44(4,5)27(11-14-33(50)61)39(57-31)24(2)41(45)58-43/h19,23,26-28,31,40-41,56-59H,10-18,20-22H2,1-9H3,(H2,49,60)(H2,50,61)(H2,51,62)(H2,52,63)(H2,53,64)(H2,54,65)(H,55,66)(H2,67,68,69)/b30-19-,39-24-,42-25-/t23-,26-,27-,28-,31?,40?,41?,45-,46+,47+,48+/m1/s1. The number of phosphoric ester groups is 1. The summed E-state index contributed by atoms with van der Waals surface area (Å²) < 4.78 is 16.3. The second-order valence-corrected chi connectivity index (χ2v) is 23.3. The summed E-state index contributed by atoms with van der Waals surface area (Å²) in [4.78, 5) is 111. The van der Waals surface area contributed by atoms with Crippen LogP contribution in [0.2, 0.25) is 0 Å². The molecule has 396 valence electrons. The predicted octanol–water partition coefficient (Wildman–Crippen LogP) is 0.674. The highest BCUT2D eigenvalue weighted by Gasteiger charge is 2.65. The fraction of sp³-hybridized carbons (Fsp3) is 0.688. The van der Waals surface area contributed by atoms with E-state index in [-0.39, 0.29) is 76.7 Å². The zero-order chi connectivity index (χ0) is 53.6. The molecule has 11 atom stereocenters. The van der Waals surface area contributed by atoms with Gasteiger partial charge in [0, 0.05) is 102 Å². The lowest BCUT2D eigenvalue weighted by Crippen LogP contribution is -2.56. The quantitative estimate of drug-likeness (QED) is 0.0663. The van der Waals surface area contributed by atoms with Gasteiger partial charge >= 0.3 is 7.82 Å². The molecule has 0 spiro atoms. The molecule has 0 aliphatic carbocycles. The Morgan fingerprint density at radius 1 is 0.732 bits per heavy atom. The molecule has 5 aliphatic rings. The van der Waals surface area contributed by atoms with Crippen LogP contribution in [-0.2, 0) is 42.7 Å². The molecule has 0 aromatic heterocycles.